The predicted molar refractivity (Wildman–Crippen MR) is 81.0 cm³/mol. The van der Waals surface area contributed by atoms with Gasteiger partial charge in [0.05, 0.1) is 16.8 Å². The van der Waals surface area contributed by atoms with Crippen molar-refractivity contribution in [1.82, 2.24) is 0 Å². The van der Waals surface area contributed by atoms with Crippen LogP contribution in [0.5, 0.6) is 5.75 Å². The van der Waals surface area contributed by atoms with E-state index in [1.165, 1.54) is 5.56 Å². The van der Waals surface area contributed by atoms with Crippen LogP contribution in [0.3, 0.4) is 0 Å². The molecule has 0 radical (unpaired) electrons. The number of hydrogen-bond acceptors (Lipinski definition) is 4. The molecule has 0 aliphatic heterocycles. The lowest BCUT2D eigenvalue weighted by atomic mass is 10.1. The fourth-order valence-electron chi connectivity index (χ4n) is 1.91. The van der Waals surface area contributed by atoms with Crippen LogP contribution in [0.2, 0.25) is 0 Å². The molecular weight excluding hydrogens is 262 g/mol. The van der Waals surface area contributed by atoms with Crippen molar-refractivity contribution in [2.45, 2.75) is 6.92 Å². The third-order valence-electron chi connectivity index (χ3n) is 3.00. The average Bonchev–Trinajstić information content (AvgIpc) is 2.53. The van der Waals surface area contributed by atoms with Gasteiger partial charge in [0.25, 0.3) is 0 Å². The summed E-state index contributed by atoms with van der Waals surface area (Å²) >= 11 is 0. The van der Waals surface area contributed by atoms with Gasteiger partial charge in [-0.05, 0) is 31.2 Å². The van der Waals surface area contributed by atoms with Crippen molar-refractivity contribution in [2.75, 3.05) is 18.5 Å². The quantitative estimate of drug-likeness (QED) is 0.852. The summed E-state index contributed by atoms with van der Waals surface area (Å²) in [6, 6.07) is 17.0. The fraction of sp³-hybridized carbons (Fsp3) is 0.176. The van der Waals surface area contributed by atoms with Crippen LogP contribution in [-0.4, -0.2) is 13.2 Å². The lowest BCUT2D eigenvalue weighted by molar-refractivity contribution is 0.333. The first-order valence-electron chi connectivity index (χ1n) is 6.61. The Balaban J connectivity index is 1.94. The van der Waals surface area contributed by atoms with E-state index >= 15 is 0 Å². The highest BCUT2D eigenvalue weighted by Crippen LogP contribution is 2.19. The minimum absolute atomic E-state index is 0.452. The van der Waals surface area contributed by atoms with Gasteiger partial charge in [-0.3, -0.25) is 0 Å². The number of anilines is 1. The molecule has 2 rings (SSSR count). The zero-order valence-electron chi connectivity index (χ0n) is 11.8. The number of nitrogens with one attached hydrogen (secondary N) is 1. The number of ether oxygens (including phenoxy) is 1. The van der Waals surface area contributed by atoms with Gasteiger partial charge < -0.3 is 10.1 Å². The third kappa shape index (κ3) is 3.75. The Labute approximate surface area is 124 Å². The van der Waals surface area contributed by atoms with E-state index in [1.807, 2.05) is 31.2 Å². The second-order valence-electron chi connectivity index (χ2n) is 4.54. The molecule has 0 fully saturated rings. The van der Waals surface area contributed by atoms with E-state index in [0.29, 0.717) is 30.0 Å². The van der Waals surface area contributed by atoms with Gasteiger partial charge in [-0.25, -0.2) is 0 Å². The molecule has 0 unspecified atom stereocenters. The molecule has 0 aromatic heterocycles. The van der Waals surface area contributed by atoms with Gasteiger partial charge in [-0.1, -0.05) is 23.8 Å². The summed E-state index contributed by atoms with van der Waals surface area (Å²) in [5.74, 6) is 0.802. The number of hydrogen-bond donors (Lipinski definition) is 1. The van der Waals surface area contributed by atoms with Crippen LogP contribution < -0.4 is 10.1 Å². The molecule has 0 saturated carbocycles. The van der Waals surface area contributed by atoms with E-state index in [-0.39, 0.29) is 0 Å². The summed E-state index contributed by atoms with van der Waals surface area (Å²) in [5.41, 5.74) is 2.67. The van der Waals surface area contributed by atoms with Crippen molar-refractivity contribution in [3.05, 3.63) is 59.2 Å². The molecule has 0 atom stereocenters. The van der Waals surface area contributed by atoms with Crippen LogP contribution in [0.4, 0.5) is 5.69 Å². The normalized spacial score (nSPS) is 9.48. The molecule has 0 spiro atoms. The second kappa shape index (κ2) is 6.98. The summed E-state index contributed by atoms with van der Waals surface area (Å²) in [5, 5.41) is 21.2. The van der Waals surface area contributed by atoms with Gasteiger partial charge in [0.2, 0.25) is 0 Å². The first kappa shape index (κ1) is 14.4. The van der Waals surface area contributed by atoms with Crippen LogP contribution >= 0.6 is 0 Å². The molecule has 0 heterocycles. The third-order valence-corrected chi connectivity index (χ3v) is 3.00. The molecule has 4 heteroatoms. The summed E-state index contributed by atoms with van der Waals surface area (Å²) in [6.07, 6.45) is 0. The molecule has 2 aromatic carbocycles. The number of aryl methyl sites for hydroxylation is 1. The van der Waals surface area contributed by atoms with Crippen molar-refractivity contribution in [1.29, 1.82) is 10.5 Å². The number of nitrogens with zero attached hydrogens (tertiary/aromatic N) is 2. The zero-order valence-corrected chi connectivity index (χ0v) is 11.8. The molecule has 2 aromatic rings. The topological polar surface area (TPSA) is 68.8 Å². The first-order valence-corrected chi connectivity index (χ1v) is 6.61. The van der Waals surface area contributed by atoms with Crippen molar-refractivity contribution in [3.8, 4) is 17.9 Å². The van der Waals surface area contributed by atoms with Crippen LogP contribution in [-0.2, 0) is 0 Å². The minimum Gasteiger partial charge on any atom is -0.492 e. The van der Waals surface area contributed by atoms with Crippen molar-refractivity contribution < 1.29 is 4.74 Å². The molecule has 1 N–H and O–H groups in total. The Bertz CT molecular complexity index is 661. The van der Waals surface area contributed by atoms with Crippen LogP contribution in [0.1, 0.15) is 16.7 Å². The molecule has 0 aliphatic rings. The molecule has 0 aliphatic carbocycles. The van der Waals surface area contributed by atoms with Crippen LogP contribution in [0.25, 0.3) is 0 Å². The minimum atomic E-state index is 0.452. The van der Waals surface area contributed by atoms with Crippen LogP contribution in [0.15, 0.2) is 42.5 Å². The molecule has 0 saturated heterocycles. The monoisotopic (exact) mass is 277 g/mol. The van der Waals surface area contributed by atoms with Crippen molar-refractivity contribution >= 4 is 5.69 Å². The van der Waals surface area contributed by atoms with Gasteiger partial charge in [-0.15, -0.1) is 0 Å². The Morgan fingerprint density at radius 1 is 1.00 bits per heavy atom. The number of rotatable bonds is 5. The fourth-order valence-corrected chi connectivity index (χ4v) is 1.91. The predicted octanol–water partition coefficient (Wildman–Crippen LogP) is 3.23. The van der Waals surface area contributed by atoms with Gasteiger partial charge in [-0.2, -0.15) is 10.5 Å². The summed E-state index contributed by atoms with van der Waals surface area (Å²) in [4.78, 5) is 0. The van der Waals surface area contributed by atoms with Gasteiger partial charge in [0.1, 0.15) is 24.5 Å². The smallest absolute Gasteiger partial charge is 0.119 e. The highest BCUT2D eigenvalue weighted by molar-refractivity contribution is 5.66. The molecule has 104 valence electrons. The van der Waals surface area contributed by atoms with Crippen LogP contribution in [0, 0.1) is 29.6 Å². The van der Waals surface area contributed by atoms with Gasteiger partial charge in [0, 0.05) is 6.54 Å². The number of nitriles is 2. The van der Waals surface area contributed by atoms with E-state index < -0.39 is 0 Å². The number of benzene rings is 2. The summed E-state index contributed by atoms with van der Waals surface area (Å²) < 4.78 is 5.60. The van der Waals surface area contributed by atoms with E-state index in [4.69, 9.17) is 15.3 Å². The van der Waals surface area contributed by atoms with Gasteiger partial charge in [0.15, 0.2) is 0 Å². The van der Waals surface area contributed by atoms with Crippen molar-refractivity contribution in [3.63, 3.8) is 0 Å². The Morgan fingerprint density at radius 2 is 1.62 bits per heavy atom. The van der Waals surface area contributed by atoms with E-state index in [1.54, 1.807) is 18.2 Å². The first-order chi connectivity index (χ1) is 10.2. The van der Waals surface area contributed by atoms with E-state index in [0.717, 1.165) is 5.75 Å². The Kier molecular flexibility index (Phi) is 4.79. The standard InChI is InChI=1S/C17H15N3O/c1-13-5-7-16(8-6-13)21-10-9-20-17-14(11-18)3-2-4-15(17)12-19/h2-8,20H,9-10H2,1H3. The number of para-hydroxylation sites is 1. The highest BCUT2D eigenvalue weighted by Gasteiger charge is 2.07. The molecule has 21 heavy (non-hydrogen) atoms. The maximum Gasteiger partial charge on any atom is 0.119 e. The zero-order chi connectivity index (χ0) is 15.1. The Morgan fingerprint density at radius 3 is 2.19 bits per heavy atom. The van der Waals surface area contributed by atoms with E-state index in [9.17, 15) is 0 Å². The largest absolute Gasteiger partial charge is 0.492 e. The lowest BCUT2D eigenvalue weighted by Crippen LogP contribution is -2.13. The lowest BCUT2D eigenvalue weighted by Gasteiger charge is -2.11. The Hall–Kier alpha value is -2.98. The van der Waals surface area contributed by atoms with Gasteiger partial charge >= 0.3 is 0 Å². The highest BCUT2D eigenvalue weighted by atomic mass is 16.5. The molecule has 4 nitrogen and oxygen atoms in total. The van der Waals surface area contributed by atoms with Crippen molar-refractivity contribution in [2.24, 2.45) is 0 Å². The molecular formula is C17H15N3O. The summed E-state index contributed by atoms with van der Waals surface area (Å²) in [7, 11) is 0. The molecule has 0 bridgehead atoms. The summed E-state index contributed by atoms with van der Waals surface area (Å²) in [6.45, 7) is 2.99. The maximum atomic E-state index is 9.07. The van der Waals surface area contributed by atoms with E-state index in [2.05, 4.69) is 17.5 Å². The maximum absolute atomic E-state index is 9.07. The second-order valence-corrected chi connectivity index (χ2v) is 4.54. The average molecular weight is 277 g/mol. The SMILES string of the molecule is Cc1ccc(OCCNc2c(C#N)cccc2C#N)cc1. The molecule has 0 amide bonds.